The molecule has 0 spiro atoms. The van der Waals surface area contributed by atoms with Crippen molar-refractivity contribution in [2.24, 2.45) is 0 Å². The van der Waals surface area contributed by atoms with Crippen molar-refractivity contribution >= 4 is 22.5 Å². The number of H-pyrrole nitrogens is 1. The highest BCUT2D eigenvalue weighted by atomic mass is 35.5. The molecule has 0 atom stereocenters. The number of fused-ring (bicyclic) bond motifs is 1. The fraction of sp³-hybridized carbons (Fsp3) is 0.154. The predicted octanol–water partition coefficient (Wildman–Crippen LogP) is 3.29. The third-order valence-electron chi connectivity index (χ3n) is 2.88. The second-order valence-electron chi connectivity index (χ2n) is 4.17. The Labute approximate surface area is 109 Å². The van der Waals surface area contributed by atoms with E-state index < -0.39 is 0 Å². The molecular formula is C13H11ClN4. The van der Waals surface area contributed by atoms with Crippen LogP contribution in [-0.2, 0) is 0 Å². The normalized spacial score (nSPS) is 11.1. The van der Waals surface area contributed by atoms with E-state index in [0.29, 0.717) is 16.7 Å². The van der Waals surface area contributed by atoms with Gasteiger partial charge >= 0.3 is 0 Å². The summed E-state index contributed by atoms with van der Waals surface area (Å²) in [6, 6.07) is 8.03. The molecule has 0 aliphatic rings. The molecule has 5 heteroatoms. The fourth-order valence-corrected chi connectivity index (χ4v) is 2.37. The lowest BCUT2D eigenvalue weighted by molar-refractivity contribution is 0.914. The van der Waals surface area contributed by atoms with Crippen molar-refractivity contribution in [3.8, 4) is 11.3 Å². The highest BCUT2D eigenvalue weighted by Crippen LogP contribution is 2.33. The number of rotatable bonds is 1. The maximum Gasteiger partial charge on any atom is 0.159 e. The first-order valence-corrected chi connectivity index (χ1v) is 5.99. The molecule has 0 fully saturated rings. The highest BCUT2D eigenvalue weighted by Gasteiger charge is 2.15. The maximum absolute atomic E-state index is 6.17. The largest absolute Gasteiger partial charge is 0.358 e. The Hall–Kier alpha value is -1.94. The van der Waals surface area contributed by atoms with Gasteiger partial charge in [-0.25, -0.2) is 4.98 Å². The molecule has 1 aromatic carbocycles. The van der Waals surface area contributed by atoms with Crippen LogP contribution in [0.15, 0.2) is 24.3 Å². The Morgan fingerprint density at radius 1 is 1.11 bits per heavy atom. The van der Waals surface area contributed by atoms with E-state index in [2.05, 4.69) is 20.2 Å². The monoisotopic (exact) mass is 258 g/mol. The zero-order valence-electron chi connectivity index (χ0n) is 10.0. The molecule has 3 rings (SSSR count). The SMILES string of the molecule is Cc1nnc(-c2c(C)[nH]c3ccccc23)c(Cl)n1. The number of nitrogens with zero attached hydrogens (tertiary/aromatic N) is 3. The number of aromatic amines is 1. The lowest BCUT2D eigenvalue weighted by Gasteiger charge is -2.02. The minimum absolute atomic E-state index is 0.385. The van der Waals surface area contributed by atoms with Gasteiger partial charge in [0.25, 0.3) is 0 Å². The number of aryl methyl sites for hydroxylation is 2. The van der Waals surface area contributed by atoms with Crippen LogP contribution in [0.2, 0.25) is 5.15 Å². The Balaban J connectivity index is 2.34. The van der Waals surface area contributed by atoms with Crippen molar-refractivity contribution in [2.75, 3.05) is 0 Å². The number of para-hydroxylation sites is 1. The highest BCUT2D eigenvalue weighted by molar-refractivity contribution is 6.32. The van der Waals surface area contributed by atoms with Gasteiger partial charge in [0.1, 0.15) is 11.5 Å². The first-order valence-electron chi connectivity index (χ1n) is 5.61. The summed E-state index contributed by atoms with van der Waals surface area (Å²) in [6.07, 6.45) is 0. The molecule has 1 N–H and O–H groups in total. The molecule has 0 saturated heterocycles. The van der Waals surface area contributed by atoms with E-state index in [9.17, 15) is 0 Å². The van der Waals surface area contributed by atoms with E-state index in [4.69, 9.17) is 11.6 Å². The van der Waals surface area contributed by atoms with Gasteiger partial charge in [-0.2, -0.15) is 0 Å². The minimum Gasteiger partial charge on any atom is -0.358 e. The van der Waals surface area contributed by atoms with E-state index >= 15 is 0 Å². The lowest BCUT2D eigenvalue weighted by atomic mass is 10.1. The van der Waals surface area contributed by atoms with E-state index in [0.717, 1.165) is 22.2 Å². The van der Waals surface area contributed by atoms with Crippen LogP contribution in [-0.4, -0.2) is 20.2 Å². The summed E-state index contributed by atoms with van der Waals surface area (Å²) >= 11 is 6.17. The molecule has 0 aliphatic carbocycles. The molecule has 0 amide bonds. The van der Waals surface area contributed by atoms with Gasteiger partial charge in [-0.05, 0) is 19.9 Å². The van der Waals surface area contributed by atoms with E-state index in [1.54, 1.807) is 6.92 Å². The summed E-state index contributed by atoms with van der Waals surface area (Å²) in [5.41, 5.74) is 3.66. The van der Waals surface area contributed by atoms with Gasteiger partial charge in [0, 0.05) is 22.2 Å². The Kier molecular flexibility index (Phi) is 2.52. The van der Waals surface area contributed by atoms with E-state index in [1.165, 1.54) is 0 Å². The van der Waals surface area contributed by atoms with Gasteiger partial charge < -0.3 is 4.98 Å². The maximum atomic E-state index is 6.17. The minimum atomic E-state index is 0.385. The van der Waals surface area contributed by atoms with Crippen LogP contribution < -0.4 is 0 Å². The number of hydrogen-bond donors (Lipinski definition) is 1. The Morgan fingerprint density at radius 3 is 2.67 bits per heavy atom. The van der Waals surface area contributed by atoms with Gasteiger partial charge in [-0.1, -0.05) is 29.8 Å². The van der Waals surface area contributed by atoms with Crippen molar-refractivity contribution in [1.29, 1.82) is 0 Å². The average molecular weight is 259 g/mol. The molecule has 0 unspecified atom stereocenters. The van der Waals surface area contributed by atoms with Gasteiger partial charge in [0.2, 0.25) is 0 Å². The second kappa shape index (κ2) is 4.07. The molecular weight excluding hydrogens is 248 g/mol. The molecule has 3 aromatic rings. The quantitative estimate of drug-likeness (QED) is 0.729. The zero-order chi connectivity index (χ0) is 12.7. The van der Waals surface area contributed by atoms with Gasteiger partial charge in [0.05, 0.1) is 0 Å². The van der Waals surface area contributed by atoms with Crippen molar-refractivity contribution < 1.29 is 0 Å². The van der Waals surface area contributed by atoms with Gasteiger partial charge in [0.15, 0.2) is 5.15 Å². The number of halogens is 1. The fourth-order valence-electron chi connectivity index (χ4n) is 2.12. The smallest absolute Gasteiger partial charge is 0.159 e. The summed E-state index contributed by atoms with van der Waals surface area (Å²) < 4.78 is 0. The number of benzene rings is 1. The topological polar surface area (TPSA) is 54.5 Å². The van der Waals surface area contributed by atoms with Crippen LogP contribution in [0.1, 0.15) is 11.5 Å². The van der Waals surface area contributed by atoms with Crippen LogP contribution in [0.3, 0.4) is 0 Å². The first-order chi connectivity index (χ1) is 8.66. The number of hydrogen-bond acceptors (Lipinski definition) is 3. The molecule has 90 valence electrons. The summed E-state index contributed by atoms with van der Waals surface area (Å²) in [6.45, 7) is 3.76. The van der Waals surface area contributed by atoms with Crippen LogP contribution >= 0.6 is 11.6 Å². The second-order valence-corrected chi connectivity index (χ2v) is 4.53. The van der Waals surface area contributed by atoms with Gasteiger partial charge in [-0.15, -0.1) is 10.2 Å². The van der Waals surface area contributed by atoms with Crippen molar-refractivity contribution in [2.45, 2.75) is 13.8 Å². The number of nitrogens with one attached hydrogen (secondary N) is 1. The molecule has 0 saturated carbocycles. The van der Waals surface area contributed by atoms with E-state index in [-0.39, 0.29) is 0 Å². The molecule has 18 heavy (non-hydrogen) atoms. The van der Waals surface area contributed by atoms with Crippen LogP contribution in [0.25, 0.3) is 22.2 Å². The lowest BCUT2D eigenvalue weighted by Crippen LogP contribution is -1.96. The summed E-state index contributed by atoms with van der Waals surface area (Å²) in [4.78, 5) is 7.47. The summed E-state index contributed by atoms with van der Waals surface area (Å²) in [5, 5.41) is 9.62. The van der Waals surface area contributed by atoms with Crippen molar-refractivity contribution in [1.82, 2.24) is 20.2 Å². The molecule has 0 bridgehead atoms. The van der Waals surface area contributed by atoms with Crippen molar-refractivity contribution in [3.63, 3.8) is 0 Å². The third kappa shape index (κ3) is 1.66. The standard InChI is InChI=1S/C13H11ClN4/c1-7-11(9-5-3-4-6-10(9)15-7)12-13(14)16-8(2)17-18-12/h3-6,15H,1-2H3. The van der Waals surface area contributed by atoms with Crippen LogP contribution in [0.5, 0.6) is 0 Å². The molecule has 2 aromatic heterocycles. The molecule has 0 aliphatic heterocycles. The summed E-state index contributed by atoms with van der Waals surface area (Å²) in [7, 11) is 0. The van der Waals surface area contributed by atoms with Crippen molar-refractivity contribution in [3.05, 3.63) is 40.9 Å². The zero-order valence-corrected chi connectivity index (χ0v) is 10.8. The Morgan fingerprint density at radius 2 is 1.89 bits per heavy atom. The van der Waals surface area contributed by atoms with Crippen LogP contribution in [0.4, 0.5) is 0 Å². The molecule has 4 nitrogen and oxygen atoms in total. The average Bonchev–Trinajstić information content (AvgIpc) is 2.66. The molecule has 2 heterocycles. The first kappa shape index (κ1) is 11.2. The number of aromatic nitrogens is 4. The van der Waals surface area contributed by atoms with E-state index in [1.807, 2.05) is 31.2 Å². The Bertz CT molecular complexity index is 733. The third-order valence-corrected chi connectivity index (χ3v) is 3.14. The van der Waals surface area contributed by atoms with Crippen LogP contribution in [0, 0.1) is 13.8 Å². The summed E-state index contributed by atoms with van der Waals surface area (Å²) in [5.74, 6) is 0.571. The molecule has 0 radical (unpaired) electrons. The van der Waals surface area contributed by atoms with Gasteiger partial charge in [-0.3, -0.25) is 0 Å². The predicted molar refractivity (Wildman–Crippen MR) is 71.6 cm³/mol.